The molecule has 0 atom stereocenters. The van der Waals surface area contributed by atoms with Crippen LogP contribution in [0.15, 0.2) is 54.9 Å². The molecule has 29 heavy (non-hydrogen) atoms. The number of imidazole rings is 1. The molecule has 3 aromatic heterocycles. The van der Waals surface area contributed by atoms with Gasteiger partial charge in [0.05, 0.1) is 27.9 Å². The normalized spacial score (nSPS) is 11.1. The van der Waals surface area contributed by atoms with Crippen molar-refractivity contribution in [1.82, 2.24) is 19.5 Å². The molecule has 0 aliphatic rings. The van der Waals surface area contributed by atoms with Gasteiger partial charge in [-0.15, -0.1) is 0 Å². The van der Waals surface area contributed by atoms with Gasteiger partial charge in [-0.3, -0.25) is 4.98 Å². The predicted molar refractivity (Wildman–Crippen MR) is 120 cm³/mol. The first kappa shape index (κ1) is 19.4. The fourth-order valence-corrected chi connectivity index (χ4v) is 3.59. The molecule has 0 aliphatic carbocycles. The second-order valence-electron chi connectivity index (χ2n) is 7.15. The SMILES string of the molecule is CCCCCn1c(-c2cnc(Nc3ccc(C)nc3)c(Cl)c2)nc2ccccc21. The molecule has 0 radical (unpaired) electrons. The Kier molecular flexibility index (Phi) is 5.76. The van der Waals surface area contributed by atoms with Gasteiger partial charge < -0.3 is 9.88 Å². The largest absolute Gasteiger partial charge is 0.338 e. The smallest absolute Gasteiger partial charge is 0.149 e. The van der Waals surface area contributed by atoms with Crippen molar-refractivity contribution in [3.63, 3.8) is 0 Å². The van der Waals surface area contributed by atoms with Crippen molar-refractivity contribution in [2.75, 3.05) is 5.32 Å². The second kappa shape index (κ2) is 8.62. The van der Waals surface area contributed by atoms with Gasteiger partial charge in [-0.25, -0.2) is 9.97 Å². The highest BCUT2D eigenvalue weighted by atomic mass is 35.5. The molecule has 1 N–H and O–H groups in total. The standard InChI is InChI=1S/C23H24ClN5/c1-3-4-7-12-29-21-9-6-5-8-20(21)28-23(29)17-13-19(24)22(26-14-17)27-18-11-10-16(2)25-15-18/h5-6,8-11,13-15H,3-4,7,12H2,1-2H3,(H,26,27). The summed E-state index contributed by atoms with van der Waals surface area (Å²) in [5, 5.41) is 3.78. The highest BCUT2D eigenvalue weighted by Crippen LogP contribution is 2.30. The number of hydrogen-bond donors (Lipinski definition) is 1. The molecule has 0 saturated carbocycles. The minimum absolute atomic E-state index is 0.551. The van der Waals surface area contributed by atoms with Gasteiger partial charge >= 0.3 is 0 Å². The number of anilines is 2. The molecule has 5 nitrogen and oxygen atoms in total. The summed E-state index contributed by atoms with van der Waals surface area (Å²) < 4.78 is 2.27. The molecular formula is C23H24ClN5. The lowest BCUT2D eigenvalue weighted by Gasteiger charge is -2.11. The van der Waals surface area contributed by atoms with Crippen molar-refractivity contribution in [2.45, 2.75) is 39.7 Å². The van der Waals surface area contributed by atoms with Crippen molar-refractivity contribution in [1.29, 1.82) is 0 Å². The van der Waals surface area contributed by atoms with Crippen molar-refractivity contribution < 1.29 is 0 Å². The number of aromatic nitrogens is 4. The van der Waals surface area contributed by atoms with Crippen LogP contribution in [-0.2, 0) is 6.54 Å². The van der Waals surface area contributed by atoms with Gasteiger partial charge in [0.1, 0.15) is 11.6 Å². The Hall–Kier alpha value is -2.92. The first-order chi connectivity index (χ1) is 14.2. The number of fused-ring (bicyclic) bond motifs is 1. The van der Waals surface area contributed by atoms with E-state index in [-0.39, 0.29) is 0 Å². The van der Waals surface area contributed by atoms with E-state index in [1.54, 1.807) is 6.20 Å². The topological polar surface area (TPSA) is 55.6 Å². The van der Waals surface area contributed by atoms with Crippen LogP contribution in [0.2, 0.25) is 5.02 Å². The molecule has 1 aromatic carbocycles. The van der Waals surface area contributed by atoms with E-state index in [0.29, 0.717) is 10.8 Å². The van der Waals surface area contributed by atoms with E-state index < -0.39 is 0 Å². The number of pyridine rings is 2. The van der Waals surface area contributed by atoms with E-state index >= 15 is 0 Å². The zero-order valence-corrected chi connectivity index (χ0v) is 17.4. The average molecular weight is 406 g/mol. The molecule has 0 spiro atoms. The molecular weight excluding hydrogens is 382 g/mol. The molecule has 0 fully saturated rings. The Morgan fingerprint density at radius 3 is 2.66 bits per heavy atom. The number of halogens is 1. The van der Waals surface area contributed by atoms with Crippen LogP contribution >= 0.6 is 11.6 Å². The van der Waals surface area contributed by atoms with Crippen LogP contribution in [-0.4, -0.2) is 19.5 Å². The number of para-hydroxylation sites is 2. The third-order valence-electron chi connectivity index (χ3n) is 4.91. The maximum Gasteiger partial charge on any atom is 0.149 e. The molecule has 148 valence electrons. The zero-order valence-electron chi connectivity index (χ0n) is 16.7. The molecule has 4 rings (SSSR count). The van der Waals surface area contributed by atoms with Crippen molar-refractivity contribution in [3.8, 4) is 11.4 Å². The van der Waals surface area contributed by atoms with Crippen molar-refractivity contribution in [2.24, 2.45) is 0 Å². The van der Waals surface area contributed by atoms with E-state index in [1.807, 2.05) is 43.5 Å². The Morgan fingerprint density at radius 1 is 1.03 bits per heavy atom. The minimum Gasteiger partial charge on any atom is -0.338 e. The molecule has 3 heterocycles. The molecule has 0 bridgehead atoms. The lowest BCUT2D eigenvalue weighted by molar-refractivity contribution is 0.617. The van der Waals surface area contributed by atoms with Crippen LogP contribution in [0.25, 0.3) is 22.4 Å². The average Bonchev–Trinajstić information content (AvgIpc) is 3.10. The lowest BCUT2D eigenvalue weighted by atomic mass is 10.2. The van der Waals surface area contributed by atoms with Crippen LogP contribution in [0.4, 0.5) is 11.5 Å². The zero-order chi connectivity index (χ0) is 20.2. The first-order valence-electron chi connectivity index (χ1n) is 9.96. The second-order valence-corrected chi connectivity index (χ2v) is 7.56. The van der Waals surface area contributed by atoms with Gasteiger partial charge in [-0.1, -0.05) is 43.5 Å². The number of nitrogens with zero attached hydrogens (tertiary/aromatic N) is 4. The molecule has 0 aliphatic heterocycles. The van der Waals surface area contributed by atoms with E-state index in [4.69, 9.17) is 16.6 Å². The number of nitrogens with one attached hydrogen (secondary N) is 1. The maximum atomic E-state index is 6.56. The summed E-state index contributed by atoms with van der Waals surface area (Å²) >= 11 is 6.56. The van der Waals surface area contributed by atoms with Gasteiger partial charge in [0.2, 0.25) is 0 Å². The fourth-order valence-electron chi connectivity index (χ4n) is 3.37. The molecule has 0 amide bonds. The Labute approximate surface area is 175 Å². The summed E-state index contributed by atoms with van der Waals surface area (Å²) in [7, 11) is 0. The quantitative estimate of drug-likeness (QED) is 0.362. The molecule has 6 heteroatoms. The highest BCUT2D eigenvalue weighted by molar-refractivity contribution is 6.33. The van der Waals surface area contributed by atoms with Gasteiger partial charge in [-0.2, -0.15) is 0 Å². The summed E-state index contributed by atoms with van der Waals surface area (Å²) in [5.41, 5.74) is 4.86. The van der Waals surface area contributed by atoms with Gasteiger partial charge in [0.25, 0.3) is 0 Å². The number of rotatable bonds is 7. The van der Waals surface area contributed by atoms with Gasteiger partial charge in [-0.05, 0) is 43.7 Å². The van der Waals surface area contributed by atoms with Crippen LogP contribution in [0, 0.1) is 6.92 Å². The summed E-state index contributed by atoms with van der Waals surface area (Å²) in [6.45, 7) is 5.10. The minimum atomic E-state index is 0.551. The molecule has 4 aromatic rings. The third kappa shape index (κ3) is 4.25. The summed E-state index contributed by atoms with van der Waals surface area (Å²) in [5.74, 6) is 1.51. The van der Waals surface area contributed by atoms with Crippen LogP contribution < -0.4 is 5.32 Å². The van der Waals surface area contributed by atoms with Crippen LogP contribution in [0.3, 0.4) is 0 Å². The Bertz CT molecular complexity index is 1120. The summed E-state index contributed by atoms with van der Waals surface area (Å²) in [6.07, 6.45) is 7.09. The predicted octanol–water partition coefficient (Wildman–Crippen LogP) is 6.39. The Balaban J connectivity index is 1.67. The number of benzene rings is 1. The Morgan fingerprint density at radius 2 is 1.90 bits per heavy atom. The third-order valence-corrected chi connectivity index (χ3v) is 5.20. The summed E-state index contributed by atoms with van der Waals surface area (Å²) in [6, 6.07) is 14.1. The number of unbranched alkanes of at least 4 members (excludes halogenated alkanes) is 2. The van der Waals surface area contributed by atoms with Gasteiger partial charge in [0, 0.05) is 24.0 Å². The monoisotopic (exact) mass is 405 g/mol. The van der Waals surface area contributed by atoms with E-state index in [1.165, 1.54) is 12.8 Å². The summed E-state index contributed by atoms with van der Waals surface area (Å²) in [4.78, 5) is 13.7. The lowest BCUT2D eigenvalue weighted by Crippen LogP contribution is -2.02. The van der Waals surface area contributed by atoms with Crippen LogP contribution in [0.1, 0.15) is 31.9 Å². The maximum absolute atomic E-state index is 6.56. The van der Waals surface area contributed by atoms with Crippen LogP contribution in [0.5, 0.6) is 0 Å². The van der Waals surface area contributed by atoms with E-state index in [0.717, 1.165) is 46.8 Å². The molecule has 0 unspecified atom stereocenters. The number of aryl methyl sites for hydroxylation is 2. The van der Waals surface area contributed by atoms with Crippen molar-refractivity contribution >= 4 is 34.1 Å². The van der Waals surface area contributed by atoms with E-state index in [9.17, 15) is 0 Å². The van der Waals surface area contributed by atoms with Crippen molar-refractivity contribution in [3.05, 3.63) is 65.6 Å². The first-order valence-corrected chi connectivity index (χ1v) is 10.3. The van der Waals surface area contributed by atoms with Gasteiger partial charge in [0.15, 0.2) is 0 Å². The molecule has 0 saturated heterocycles. The fraction of sp³-hybridized carbons (Fsp3) is 0.261. The number of hydrogen-bond acceptors (Lipinski definition) is 4. The highest BCUT2D eigenvalue weighted by Gasteiger charge is 2.14. The van der Waals surface area contributed by atoms with E-state index in [2.05, 4.69) is 38.9 Å².